The molecule has 0 fully saturated rings. The fourth-order valence-electron chi connectivity index (χ4n) is 2.49. The lowest BCUT2D eigenvalue weighted by molar-refractivity contribution is 0.0697. The number of urea groups is 1. The fourth-order valence-corrected chi connectivity index (χ4v) is 2.49. The topological polar surface area (TPSA) is 72.9 Å². The van der Waals surface area contributed by atoms with Gasteiger partial charge in [-0.3, -0.25) is 0 Å². The average molecular weight is 391 g/mol. The molecular formula is C20H23F2N3O3. The molecule has 0 atom stereocenters. The minimum absolute atomic E-state index is 0.134. The van der Waals surface area contributed by atoms with Crippen molar-refractivity contribution in [2.75, 3.05) is 27.2 Å². The third kappa shape index (κ3) is 6.31. The van der Waals surface area contributed by atoms with E-state index in [1.165, 1.54) is 23.1 Å². The van der Waals surface area contributed by atoms with E-state index in [0.29, 0.717) is 18.7 Å². The summed E-state index contributed by atoms with van der Waals surface area (Å²) in [6, 6.07) is 9.40. The van der Waals surface area contributed by atoms with Crippen LogP contribution in [0.3, 0.4) is 0 Å². The van der Waals surface area contributed by atoms with Crippen LogP contribution in [0, 0.1) is 11.6 Å². The molecule has 0 aromatic heterocycles. The van der Waals surface area contributed by atoms with Gasteiger partial charge < -0.3 is 20.2 Å². The molecule has 0 unspecified atom stereocenters. The highest BCUT2D eigenvalue weighted by Gasteiger charge is 2.15. The van der Waals surface area contributed by atoms with Crippen molar-refractivity contribution >= 4 is 12.0 Å². The van der Waals surface area contributed by atoms with E-state index in [1.807, 2.05) is 19.0 Å². The number of carboxylic acid groups (broad SMARTS) is 1. The summed E-state index contributed by atoms with van der Waals surface area (Å²) in [6.07, 6.45) is 0. The SMILES string of the molecule is CN(C)CCN(Cc1ccc(F)c(F)c1)C(=O)NCc1ccc(C(=O)O)cc1. The van der Waals surface area contributed by atoms with E-state index in [-0.39, 0.29) is 24.7 Å². The van der Waals surface area contributed by atoms with Gasteiger partial charge in [0.05, 0.1) is 5.56 Å². The van der Waals surface area contributed by atoms with Crippen LogP contribution in [-0.2, 0) is 13.1 Å². The lowest BCUT2D eigenvalue weighted by Gasteiger charge is -2.25. The maximum atomic E-state index is 13.5. The van der Waals surface area contributed by atoms with E-state index in [9.17, 15) is 18.4 Å². The van der Waals surface area contributed by atoms with Gasteiger partial charge in [-0.1, -0.05) is 18.2 Å². The van der Waals surface area contributed by atoms with Crippen LogP contribution in [0.2, 0.25) is 0 Å². The summed E-state index contributed by atoms with van der Waals surface area (Å²) < 4.78 is 26.6. The van der Waals surface area contributed by atoms with Crippen LogP contribution in [0.15, 0.2) is 42.5 Å². The second-order valence-electron chi connectivity index (χ2n) is 6.63. The lowest BCUT2D eigenvalue weighted by Crippen LogP contribution is -2.42. The Morgan fingerprint density at radius 3 is 2.18 bits per heavy atom. The molecule has 0 aliphatic carbocycles. The lowest BCUT2D eigenvalue weighted by atomic mass is 10.1. The van der Waals surface area contributed by atoms with Crippen LogP contribution in [0.5, 0.6) is 0 Å². The normalized spacial score (nSPS) is 10.8. The number of benzene rings is 2. The second kappa shape index (κ2) is 9.80. The number of aromatic carboxylic acids is 1. The maximum absolute atomic E-state index is 13.5. The molecule has 0 heterocycles. The standard InChI is InChI=1S/C20H23F2N3O3/c1-24(2)9-10-25(13-15-5-8-17(21)18(22)11-15)20(28)23-12-14-3-6-16(7-4-14)19(26)27/h3-8,11H,9-10,12-13H2,1-2H3,(H,23,28)(H,26,27). The molecule has 2 N–H and O–H groups in total. The largest absolute Gasteiger partial charge is 0.478 e. The van der Waals surface area contributed by atoms with Crippen molar-refractivity contribution in [1.29, 1.82) is 0 Å². The number of carbonyl (C=O) groups excluding carboxylic acids is 1. The fraction of sp³-hybridized carbons (Fsp3) is 0.300. The van der Waals surface area contributed by atoms with Crippen LogP contribution in [-0.4, -0.2) is 54.1 Å². The van der Waals surface area contributed by atoms with Gasteiger partial charge in [-0.2, -0.15) is 0 Å². The van der Waals surface area contributed by atoms with Crippen molar-refractivity contribution in [3.8, 4) is 0 Å². The average Bonchev–Trinajstić information content (AvgIpc) is 2.66. The van der Waals surface area contributed by atoms with Crippen LogP contribution >= 0.6 is 0 Å². The Kier molecular flexibility index (Phi) is 7.45. The van der Waals surface area contributed by atoms with Gasteiger partial charge in [0.1, 0.15) is 0 Å². The number of hydrogen-bond acceptors (Lipinski definition) is 3. The molecule has 0 aliphatic rings. The zero-order valence-electron chi connectivity index (χ0n) is 15.8. The third-order valence-electron chi connectivity index (χ3n) is 4.11. The van der Waals surface area contributed by atoms with E-state index >= 15 is 0 Å². The minimum Gasteiger partial charge on any atom is -0.478 e. The molecule has 2 aromatic carbocycles. The predicted octanol–water partition coefficient (Wildman–Crippen LogP) is 2.94. The number of rotatable bonds is 8. The van der Waals surface area contributed by atoms with Gasteiger partial charge in [0.2, 0.25) is 0 Å². The first-order valence-electron chi connectivity index (χ1n) is 8.70. The van der Waals surface area contributed by atoms with Gasteiger partial charge in [-0.25, -0.2) is 18.4 Å². The van der Waals surface area contributed by atoms with Gasteiger partial charge in [-0.05, 0) is 49.5 Å². The second-order valence-corrected chi connectivity index (χ2v) is 6.63. The number of hydrogen-bond donors (Lipinski definition) is 2. The number of amides is 2. The van der Waals surface area contributed by atoms with E-state index in [0.717, 1.165) is 17.7 Å². The summed E-state index contributed by atoms with van der Waals surface area (Å²) in [5.41, 5.74) is 1.40. The Labute approximate surface area is 162 Å². The Balaban J connectivity index is 2.03. The van der Waals surface area contributed by atoms with Gasteiger partial charge in [0.15, 0.2) is 11.6 Å². The molecule has 0 radical (unpaired) electrons. The van der Waals surface area contributed by atoms with Gasteiger partial charge >= 0.3 is 12.0 Å². The molecule has 28 heavy (non-hydrogen) atoms. The van der Waals surface area contributed by atoms with E-state index in [1.54, 1.807) is 12.1 Å². The van der Waals surface area contributed by atoms with Crippen LogP contribution in [0.1, 0.15) is 21.5 Å². The van der Waals surface area contributed by atoms with Gasteiger partial charge in [-0.15, -0.1) is 0 Å². The minimum atomic E-state index is -1.02. The number of carboxylic acids is 1. The molecule has 8 heteroatoms. The zero-order chi connectivity index (χ0) is 20.7. The molecule has 0 saturated heterocycles. The number of nitrogens with one attached hydrogen (secondary N) is 1. The summed E-state index contributed by atoms with van der Waals surface area (Å²) in [5, 5.41) is 11.7. The number of nitrogens with zero attached hydrogens (tertiary/aromatic N) is 2. The van der Waals surface area contributed by atoms with Crippen LogP contribution < -0.4 is 5.32 Å². The molecule has 2 amide bonds. The molecule has 0 aliphatic heterocycles. The van der Waals surface area contributed by atoms with Crippen LogP contribution in [0.4, 0.5) is 13.6 Å². The first kappa shape index (κ1) is 21.3. The van der Waals surface area contributed by atoms with Crippen molar-refractivity contribution in [1.82, 2.24) is 15.1 Å². The van der Waals surface area contributed by atoms with Crippen molar-refractivity contribution in [2.45, 2.75) is 13.1 Å². The van der Waals surface area contributed by atoms with E-state index < -0.39 is 17.6 Å². The van der Waals surface area contributed by atoms with Crippen molar-refractivity contribution in [3.63, 3.8) is 0 Å². The van der Waals surface area contributed by atoms with Gasteiger partial charge in [0, 0.05) is 26.2 Å². The summed E-state index contributed by atoms with van der Waals surface area (Å²) in [6.45, 7) is 1.35. The third-order valence-corrected chi connectivity index (χ3v) is 4.11. The highest BCUT2D eigenvalue weighted by atomic mass is 19.2. The molecule has 0 saturated carbocycles. The summed E-state index contributed by atoms with van der Waals surface area (Å²) in [4.78, 5) is 26.9. The van der Waals surface area contributed by atoms with Gasteiger partial charge in [0.25, 0.3) is 0 Å². The Hall–Kier alpha value is -3.00. The Morgan fingerprint density at radius 1 is 0.964 bits per heavy atom. The monoisotopic (exact) mass is 391 g/mol. The number of halogens is 2. The quantitative estimate of drug-likeness (QED) is 0.726. The molecular weight excluding hydrogens is 368 g/mol. The first-order valence-corrected chi connectivity index (χ1v) is 8.70. The molecule has 2 rings (SSSR count). The number of likely N-dealkylation sites (N-methyl/N-ethyl adjacent to an activating group) is 1. The Morgan fingerprint density at radius 2 is 1.61 bits per heavy atom. The van der Waals surface area contributed by atoms with Crippen LogP contribution in [0.25, 0.3) is 0 Å². The van der Waals surface area contributed by atoms with E-state index in [4.69, 9.17) is 5.11 Å². The predicted molar refractivity (Wildman–Crippen MR) is 101 cm³/mol. The van der Waals surface area contributed by atoms with Crippen molar-refractivity contribution < 1.29 is 23.5 Å². The van der Waals surface area contributed by atoms with Crippen molar-refractivity contribution in [3.05, 3.63) is 70.8 Å². The summed E-state index contributed by atoms with van der Waals surface area (Å²) in [7, 11) is 3.75. The summed E-state index contributed by atoms with van der Waals surface area (Å²) >= 11 is 0. The Bertz CT molecular complexity index is 826. The van der Waals surface area contributed by atoms with Crippen molar-refractivity contribution in [2.24, 2.45) is 0 Å². The number of carbonyl (C=O) groups is 2. The highest BCUT2D eigenvalue weighted by Crippen LogP contribution is 2.12. The molecule has 2 aromatic rings. The molecule has 150 valence electrons. The van der Waals surface area contributed by atoms with E-state index in [2.05, 4.69) is 5.32 Å². The highest BCUT2D eigenvalue weighted by molar-refractivity contribution is 5.87. The summed E-state index contributed by atoms with van der Waals surface area (Å²) in [5.74, 6) is -2.90. The first-order chi connectivity index (χ1) is 13.3. The molecule has 0 bridgehead atoms. The molecule has 0 spiro atoms. The zero-order valence-corrected chi connectivity index (χ0v) is 15.8. The molecule has 6 nitrogen and oxygen atoms in total. The maximum Gasteiger partial charge on any atom is 0.335 e. The smallest absolute Gasteiger partial charge is 0.335 e.